The molecule has 0 radical (unpaired) electrons. The van der Waals surface area contributed by atoms with Crippen molar-refractivity contribution in [1.82, 2.24) is 20.0 Å². The van der Waals surface area contributed by atoms with Crippen LogP contribution in [0.5, 0.6) is 0 Å². The van der Waals surface area contributed by atoms with E-state index in [4.69, 9.17) is 0 Å². The first-order valence-corrected chi connectivity index (χ1v) is 7.64. The van der Waals surface area contributed by atoms with Gasteiger partial charge in [-0.1, -0.05) is 30.4 Å². The Balaban J connectivity index is 0.000000534. The Kier molecular flexibility index (Phi) is 13.5. The molecule has 0 spiro atoms. The minimum Gasteiger partial charge on any atom is -0.310 e. The number of rotatable bonds is 10. The summed E-state index contributed by atoms with van der Waals surface area (Å²) in [6.45, 7) is 25.9. The Morgan fingerprint density at radius 3 is 1.14 bits per heavy atom. The molecule has 0 amide bonds. The van der Waals surface area contributed by atoms with E-state index >= 15 is 0 Å². The van der Waals surface area contributed by atoms with Gasteiger partial charge in [-0.2, -0.15) is 0 Å². The fourth-order valence-corrected chi connectivity index (χ4v) is 2.16. The Hall–Kier alpha value is -1.46. The van der Waals surface area contributed by atoms with E-state index in [2.05, 4.69) is 52.9 Å². The summed E-state index contributed by atoms with van der Waals surface area (Å²) in [7, 11) is 0. The van der Waals surface area contributed by atoms with E-state index in [9.17, 15) is 0 Å². The number of nitrogens with one attached hydrogen (secondary N) is 1. The summed E-state index contributed by atoms with van der Waals surface area (Å²) < 4.78 is 0. The number of nitrogens with zero attached hydrogens (tertiary/aromatic N) is 3. The molecule has 1 fully saturated rings. The lowest BCUT2D eigenvalue weighted by Crippen LogP contribution is -2.54. The van der Waals surface area contributed by atoms with Crippen molar-refractivity contribution >= 4 is 0 Å². The molecule has 1 saturated heterocycles. The summed E-state index contributed by atoms with van der Waals surface area (Å²) in [5.41, 5.74) is 0. The average molecular weight is 304 g/mol. The zero-order chi connectivity index (χ0) is 16.6. The summed E-state index contributed by atoms with van der Waals surface area (Å²) in [5, 5.41) is 3.05. The third-order valence-corrected chi connectivity index (χ3v) is 2.94. The monoisotopic (exact) mass is 304 g/mol. The lowest BCUT2D eigenvalue weighted by atomic mass is 10.4. The Morgan fingerprint density at radius 1 is 0.591 bits per heavy atom. The van der Waals surface area contributed by atoms with Gasteiger partial charge in [-0.3, -0.25) is 14.7 Å². The first-order valence-electron chi connectivity index (χ1n) is 7.64. The topological polar surface area (TPSA) is 21.8 Å². The summed E-state index contributed by atoms with van der Waals surface area (Å²) in [6, 6.07) is 0. The Bertz CT molecular complexity index is 286. The fraction of sp³-hybridized carbons (Fsp3) is 0.444. The van der Waals surface area contributed by atoms with Gasteiger partial charge in [0.05, 0.1) is 20.0 Å². The van der Waals surface area contributed by atoms with Crippen molar-refractivity contribution in [2.24, 2.45) is 0 Å². The molecule has 0 saturated carbocycles. The van der Waals surface area contributed by atoms with Gasteiger partial charge < -0.3 is 5.32 Å². The van der Waals surface area contributed by atoms with E-state index in [0.717, 1.165) is 52.7 Å². The van der Waals surface area contributed by atoms with Crippen LogP contribution in [0.15, 0.2) is 63.3 Å². The van der Waals surface area contributed by atoms with Gasteiger partial charge in [0, 0.05) is 32.7 Å². The Morgan fingerprint density at radius 2 is 0.909 bits per heavy atom. The van der Waals surface area contributed by atoms with Gasteiger partial charge in [-0.15, -0.1) is 32.9 Å². The fourth-order valence-electron chi connectivity index (χ4n) is 2.16. The maximum Gasteiger partial charge on any atom is 0.0536 e. The van der Waals surface area contributed by atoms with Gasteiger partial charge >= 0.3 is 0 Å². The highest BCUT2D eigenvalue weighted by Crippen LogP contribution is 2.07. The molecule has 0 aromatic rings. The first-order chi connectivity index (χ1) is 10.7. The lowest BCUT2D eigenvalue weighted by molar-refractivity contribution is -0.0111. The minimum absolute atomic E-state index is 0.867. The molecule has 0 atom stereocenters. The maximum atomic E-state index is 3.78. The van der Waals surface area contributed by atoms with Crippen LogP contribution in [0.4, 0.5) is 0 Å². The predicted octanol–water partition coefficient (Wildman–Crippen LogP) is 2.28. The largest absolute Gasteiger partial charge is 0.310 e. The summed E-state index contributed by atoms with van der Waals surface area (Å²) in [6.07, 6.45) is 9.49. The molecule has 4 nitrogen and oxygen atoms in total. The van der Waals surface area contributed by atoms with Gasteiger partial charge in [0.2, 0.25) is 0 Å². The molecule has 0 bridgehead atoms. The molecule has 124 valence electrons. The summed E-state index contributed by atoms with van der Waals surface area (Å²) >= 11 is 0. The second-order valence-electron chi connectivity index (χ2n) is 5.09. The molecule has 0 unspecified atom stereocenters. The average Bonchev–Trinajstić information content (AvgIpc) is 2.49. The molecule has 0 aliphatic carbocycles. The molecule has 1 heterocycles. The standard InChI is InChI=1S/C12H21N3.C6H11N/c1-4-7-13-10-14(8-5-2)12-15(11-13)9-6-3;1-3-5-7-6-4-2/h4-6H,1-3,7-12H2;3-4,7H,1-2,5-6H2. The van der Waals surface area contributed by atoms with Gasteiger partial charge in [-0.25, -0.2) is 0 Å². The second kappa shape index (κ2) is 14.5. The highest BCUT2D eigenvalue weighted by molar-refractivity contribution is 4.83. The van der Waals surface area contributed by atoms with E-state index in [1.165, 1.54) is 0 Å². The summed E-state index contributed by atoms with van der Waals surface area (Å²) in [5.74, 6) is 0. The molecule has 1 aliphatic rings. The molecule has 4 heteroatoms. The van der Waals surface area contributed by atoms with Crippen molar-refractivity contribution in [2.45, 2.75) is 0 Å². The number of hydrogen-bond donors (Lipinski definition) is 1. The molecule has 1 N–H and O–H groups in total. The zero-order valence-corrected chi connectivity index (χ0v) is 13.9. The third-order valence-electron chi connectivity index (χ3n) is 2.94. The quantitative estimate of drug-likeness (QED) is 0.494. The zero-order valence-electron chi connectivity index (χ0n) is 13.9. The molecular weight excluding hydrogens is 272 g/mol. The van der Waals surface area contributed by atoms with Crippen molar-refractivity contribution in [1.29, 1.82) is 0 Å². The molecule has 22 heavy (non-hydrogen) atoms. The van der Waals surface area contributed by atoms with Gasteiger partial charge in [-0.05, 0) is 0 Å². The van der Waals surface area contributed by atoms with Crippen LogP contribution in [0, 0.1) is 0 Å². The van der Waals surface area contributed by atoms with Crippen molar-refractivity contribution < 1.29 is 0 Å². The van der Waals surface area contributed by atoms with Crippen LogP contribution in [0.2, 0.25) is 0 Å². The molecule has 1 rings (SSSR count). The molecule has 0 aromatic carbocycles. The predicted molar refractivity (Wildman–Crippen MR) is 98.6 cm³/mol. The van der Waals surface area contributed by atoms with Crippen molar-refractivity contribution in [3.8, 4) is 0 Å². The highest BCUT2D eigenvalue weighted by Gasteiger charge is 2.20. The maximum absolute atomic E-state index is 3.78. The second-order valence-corrected chi connectivity index (χ2v) is 5.09. The van der Waals surface area contributed by atoms with Crippen LogP contribution in [0.1, 0.15) is 0 Å². The Labute approximate surface area is 136 Å². The van der Waals surface area contributed by atoms with Crippen LogP contribution >= 0.6 is 0 Å². The van der Waals surface area contributed by atoms with Crippen molar-refractivity contribution in [3.63, 3.8) is 0 Å². The van der Waals surface area contributed by atoms with E-state index in [0.29, 0.717) is 0 Å². The van der Waals surface area contributed by atoms with Crippen LogP contribution in [0.3, 0.4) is 0 Å². The van der Waals surface area contributed by atoms with Gasteiger partial charge in [0.1, 0.15) is 0 Å². The van der Waals surface area contributed by atoms with Crippen molar-refractivity contribution in [2.75, 3.05) is 52.7 Å². The van der Waals surface area contributed by atoms with E-state index in [1.807, 2.05) is 30.4 Å². The number of hydrogen-bond acceptors (Lipinski definition) is 4. The first kappa shape index (κ1) is 20.5. The molecule has 1 aliphatic heterocycles. The SMILES string of the molecule is C=CCN1CN(CC=C)CN(CC=C)C1.C=CCNCC=C. The van der Waals surface area contributed by atoms with E-state index in [1.54, 1.807) is 0 Å². The molecular formula is C18H32N4. The van der Waals surface area contributed by atoms with E-state index < -0.39 is 0 Å². The van der Waals surface area contributed by atoms with E-state index in [-0.39, 0.29) is 0 Å². The molecule has 0 aromatic heterocycles. The normalized spacial score (nSPS) is 16.2. The summed E-state index contributed by atoms with van der Waals surface area (Å²) in [4.78, 5) is 7.05. The van der Waals surface area contributed by atoms with Crippen LogP contribution in [-0.4, -0.2) is 67.4 Å². The van der Waals surface area contributed by atoms with Crippen LogP contribution < -0.4 is 5.32 Å². The minimum atomic E-state index is 0.867. The third kappa shape index (κ3) is 10.3. The van der Waals surface area contributed by atoms with Crippen molar-refractivity contribution in [3.05, 3.63) is 63.3 Å². The lowest BCUT2D eigenvalue weighted by Gasteiger charge is -2.41. The van der Waals surface area contributed by atoms with Gasteiger partial charge in [0.25, 0.3) is 0 Å². The smallest absolute Gasteiger partial charge is 0.0536 e. The van der Waals surface area contributed by atoms with Crippen LogP contribution in [0.25, 0.3) is 0 Å². The van der Waals surface area contributed by atoms with Gasteiger partial charge in [0.15, 0.2) is 0 Å². The van der Waals surface area contributed by atoms with Crippen LogP contribution in [-0.2, 0) is 0 Å². The highest BCUT2D eigenvalue weighted by atomic mass is 15.5.